The van der Waals surface area contributed by atoms with Crippen LogP contribution in [0.15, 0.2) is 23.3 Å². The average Bonchev–Trinajstić information content (AvgIpc) is 1.84. The van der Waals surface area contributed by atoms with E-state index in [0.29, 0.717) is 5.57 Å². The fourth-order valence-electron chi connectivity index (χ4n) is 0.767. The van der Waals surface area contributed by atoms with Crippen LogP contribution in [0.3, 0.4) is 0 Å². The van der Waals surface area contributed by atoms with Crippen LogP contribution >= 0.6 is 0 Å². The van der Waals surface area contributed by atoms with E-state index in [4.69, 9.17) is 5.11 Å². The van der Waals surface area contributed by atoms with E-state index in [-0.39, 0.29) is 5.92 Å². The van der Waals surface area contributed by atoms with Gasteiger partial charge in [-0.15, -0.1) is 0 Å². The Bertz CT molecular complexity index is 218. The van der Waals surface area contributed by atoms with Crippen molar-refractivity contribution in [2.45, 2.75) is 27.7 Å². The largest absolute Gasteiger partial charge is 0.478 e. The van der Waals surface area contributed by atoms with Crippen LogP contribution in [0.4, 0.5) is 0 Å². The zero-order chi connectivity index (χ0) is 9.72. The Morgan fingerprint density at radius 1 is 1.25 bits per heavy atom. The lowest BCUT2D eigenvalue weighted by molar-refractivity contribution is -0.133. The summed E-state index contributed by atoms with van der Waals surface area (Å²) in [4.78, 5) is 10.7. The molecular formula is C10H16O2. The van der Waals surface area contributed by atoms with Crippen LogP contribution in [0.2, 0.25) is 0 Å². The van der Waals surface area contributed by atoms with E-state index in [2.05, 4.69) is 0 Å². The summed E-state index contributed by atoms with van der Waals surface area (Å²) in [5.41, 5.74) is 1.56. The maximum Gasteiger partial charge on any atom is 0.331 e. The number of hydrogen-bond acceptors (Lipinski definition) is 1. The zero-order valence-electron chi connectivity index (χ0n) is 8.09. The van der Waals surface area contributed by atoms with Crippen molar-refractivity contribution < 1.29 is 9.90 Å². The molecule has 12 heavy (non-hydrogen) atoms. The molecule has 0 aromatic rings. The van der Waals surface area contributed by atoms with E-state index in [1.54, 1.807) is 6.08 Å². The Morgan fingerprint density at radius 3 is 2.00 bits per heavy atom. The minimum Gasteiger partial charge on any atom is -0.478 e. The van der Waals surface area contributed by atoms with E-state index in [1.807, 2.05) is 33.8 Å². The summed E-state index contributed by atoms with van der Waals surface area (Å²) in [7, 11) is 0. The van der Waals surface area contributed by atoms with Crippen LogP contribution in [0.5, 0.6) is 0 Å². The number of rotatable bonds is 3. The number of carboxylic acids is 1. The van der Waals surface area contributed by atoms with Crippen LogP contribution in [-0.4, -0.2) is 11.1 Å². The van der Waals surface area contributed by atoms with Crippen molar-refractivity contribution in [2.75, 3.05) is 0 Å². The van der Waals surface area contributed by atoms with Gasteiger partial charge in [0.15, 0.2) is 0 Å². The van der Waals surface area contributed by atoms with Crippen LogP contribution < -0.4 is 0 Å². The fourth-order valence-corrected chi connectivity index (χ4v) is 0.767. The lowest BCUT2D eigenvalue weighted by atomic mass is 10.0. The molecule has 0 aromatic heterocycles. The van der Waals surface area contributed by atoms with Crippen molar-refractivity contribution in [2.24, 2.45) is 5.92 Å². The second kappa shape index (κ2) is 4.75. The molecule has 0 spiro atoms. The molecule has 2 heteroatoms. The van der Waals surface area contributed by atoms with Gasteiger partial charge in [-0.3, -0.25) is 0 Å². The van der Waals surface area contributed by atoms with Crippen LogP contribution in [0.1, 0.15) is 27.7 Å². The maximum absolute atomic E-state index is 10.7. The molecule has 0 radical (unpaired) electrons. The molecule has 1 N–H and O–H groups in total. The van der Waals surface area contributed by atoms with Gasteiger partial charge in [0.25, 0.3) is 0 Å². The van der Waals surface area contributed by atoms with E-state index >= 15 is 0 Å². The van der Waals surface area contributed by atoms with Gasteiger partial charge in [-0.05, 0) is 19.8 Å². The van der Waals surface area contributed by atoms with Crippen molar-refractivity contribution >= 4 is 5.97 Å². The minimum absolute atomic E-state index is 0.0677. The van der Waals surface area contributed by atoms with Gasteiger partial charge in [0.05, 0.1) is 0 Å². The molecule has 2 nitrogen and oxygen atoms in total. The summed E-state index contributed by atoms with van der Waals surface area (Å²) in [6.45, 7) is 7.63. The molecule has 0 saturated heterocycles. The quantitative estimate of drug-likeness (QED) is 0.519. The number of hydrogen-bond donors (Lipinski definition) is 1. The zero-order valence-corrected chi connectivity index (χ0v) is 8.09. The summed E-state index contributed by atoms with van der Waals surface area (Å²) in [5, 5.41) is 8.76. The first kappa shape index (κ1) is 11.0. The second-order valence-electron chi connectivity index (χ2n) is 3.33. The van der Waals surface area contributed by atoms with Gasteiger partial charge in [-0.2, -0.15) is 0 Å². The van der Waals surface area contributed by atoms with Gasteiger partial charge in [0.2, 0.25) is 0 Å². The van der Waals surface area contributed by atoms with Crippen LogP contribution in [0, 0.1) is 5.92 Å². The molecule has 0 aliphatic carbocycles. The van der Waals surface area contributed by atoms with Crippen LogP contribution in [0.25, 0.3) is 0 Å². The van der Waals surface area contributed by atoms with Crippen molar-refractivity contribution in [3.05, 3.63) is 23.3 Å². The molecule has 0 amide bonds. The molecule has 0 heterocycles. The van der Waals surface area contributed by atoms with Gasteiger partial charge in [-0.1, -0.05) is 31.6 Å². The number of carbonyl (C=O) groups is 1. The smallest absolute Gasteiger partial charge is 0.331 e. The average molecular weight is 168 g/mol. The molecule has 0 bridgehead atoms. The monoisotopic (exact) mass is 168 g/mol. The van der Waals surface area contributed by atoms with Crippen LogP contribution in [-0.2, 0) is 4.79 Å². The molecule has 0 rings (SSSR count). The first-order chi connectivity index (χ1) is 5.45. The first-order valence-electron chi connectivity index (χ1n) is 4.03. The van der Waals surface area contributed by atoms with E-state index in [9.17, 15) is 4.79 Å². The van der Waals surface area contributed by atoms with Crippen molar-refractivity contribution in [1.29, 1.82) is 0 Å². The third-order valence-electron chi connectivity index (χ3n) is 1.47. The molecule has 0 fully saturated rings. The second-order valence-corrected chi connectivity index (χ2v) is 3.33. The highest BCUT2D eigenvalue weighted by atomic mass is 16.4. The third-order valence-corrected chi connectivity index (χ3v) is 1.47. The van der Waals surface area contributed by atoms with Crippen molar-refractivity contribution in [3.63, 3.8) is 0 Å². The molecule has 0 unspecified atom stereocenters. The Hall–Kier alpha value is -1.05. The molecule has 0 aliphatic rings. The highest BCUT2D eigenvalue weighted by Crippen LogP contribution is 2.10. The van der Waals surface area contributed by atoms with Crippen molar-refractivity contribution in [1.82, 2.24) is 0 Å². The van der Waals surface area contributed by atoms with Gasteiger partial charge in [0.1, 0.15) is 0 Å². The lowest BCUT2D eigenvalue weighted by Gasteiger charge is -2.03. The lowest BCUT2D eigenvalue weighted by Crippen LogP contribution is -2.06. The summed E-state index contributed by atoms with van der Waals surface area (Å²) >= 11 is 0. The van der Waals surface area contributed by atoms with E-state index < -0.39 is 5.97 Å². The first-order valence-corrected chi connectivity index (χ1v) is 4.03. The van der Waals surface area contributed by atoms with Gasteiger partial charge < -0.3 is 5.11 Å². The summed E-state index contributed by atoms with van der Waals surface area (Å²) in [6.07, 6.45) is 3.49. The molecule has 0 atom stereocenters. The third kappa shape index (κ3) is 3.96. The van der Waals surface area contributed by atoms with Gasteiger partial charge in [0, 0.05) is 5.57 Å². The summed E-state index contributed by atoms with van der Waals surface area (Å²) in [5.74, 6) is -0.763. The summed E-state index contributed by atoms with van der Waals surface area (Å²) < 4.78 is 0. The number of aliphatic carboxylic acids is 1. The SMILES string of the molecule is CC(C)=CC=C(C(=O)O)C(C)C. The molecule has 0 aliphatic heterocycles. The van der Waals surface area contributed by atoms with E-state index in [0.717, 1.165) is 5.57 Å². The Morgan fingerprint density at radius 2 is 1.75 bits per heavy atom. The Balaban J connectivity index is 4.63. The molecule has 68 valence electrons. The predicted octanol–water partition coefficient (Wildman–Crippen LogP) is 2.62. The standard InChI is InChI=1S/C10H16O2/c1-7(2)5-6-9(8(3)4)10(11)12/h5-6,8H,1-4H3,(H,11,12). The Kier molecular flexibility index (Phi) is 4.34. The van der Waals surface area contributed by atoms with Crippen molar-refractivity contribution in [3.8, 4) is 0 Å². The Labute approximate surface area is 73.6 Å². The normalized spacial score (nSPS) is 11.6. The van der Waals surface area contributed by atoms with Gasteiger partial charge in [-0.25, -0.2) is 4.79 Å². The summed E-state index contributed by atoms with van der Waals surface area (Å²) in [6, 6.07) is 0. The minimum atomic E-state index is -0.831. The highest BCUT2D eigenvalue weighted by Gasteiger charge is 2.09. The topological polar surface area (TPSA) is 37.3 Å². The van der Waals surface area contributed by atoms with E-state index in [1.165, 1.54) is 0 Å². The number of allylic oxidation sites excluding steroid dienone is 3. The van der Waals surface area contributed by atoms with Gasteiger partial charge >= 0.3 is 5.97 Å². The molecule has 0 aromatic carbocycles. The maximum atomic E-state index is 10.7. The number of carboxylic acid groups (broad SMARTS) is 1. The fraction of sp³-hybridized carbons (Fsp3) is 0.500. The molecular weight excluding hydrogens is 152 g/mol. The predicted molar refractivity (Wildman–Crippen MR) is 50.0 cm³/mol. The highest BCUT2D eigenvalue weighted by molar-refractivity contribution is 5.87. The molecule has 0 saturated carbocycles.